The molecule has 0 aliphatic carbocycles. The summed E-state index contributed by atoms with van der Waals surface area (Å²) in [6.45, 7) is 6.50. The first kappa shape index (κ1) is 22.2. The van der Waals surface area contributed by atoms with Crippen LogP contribution in [0, 0.1) is 12.8 Å². The van der Waals surface area contributed by atoms with E-state index in [2.05, 4.69) is 24.1 Å². The number of rotatable bonds is 7. The molecule has 1 N–H and O–H groups in total. The molecule has 0 atom stereocenters. The zero-order valence-corrected chi connectivity index (χ0v) is 19.2. The lowest BCUT2D eigenvalue weighted by Crippen LogP contribution is -2.28. The number of nitrogens with one attached hydrogen (secondary N) is 1. The molecule has 30 heavy (non-hydrogen) atoms. The van der Waals surface area contributed by atoms with Gasteiger partial charge in [-0.25, -0.2) is 4.98 Å². The fourth-order valence-corrected chi connectivity index (χ4v) is 4.08. The van der Waals surface area contributed by atoms with Crippen LogP contribution in [0.1, 0.15) is 19.5 Å². The Hall–Kier alpha value is -2.45. The van der Waals surface area contributed by atoms with Crippen LogP contribution in [0.2, 0.25) is 5.02 Å². The monoisotopic (exact) mass is 448 g/mol. The number of amides is 1. The lowest BCUT2D eigenvalue weighted by atomic mass is 10.2. The minimum Gasteiger partial charge on any atom is -0.495 e. The molecule has 1 amide bonds. The van der Waals surface area contributed by atoms with Crippen LogP contribution in [0.15, 0.2) is 34.2 Å². The molecule has 0 aliphatic heterocycles. The number of aryl methyl sites for hydroxylation is 1. The predicted octanol–water partition coefficient (Wildman–Crippen LogP) is 4.19. The van der Waals surface area contributed by atoms with Gasteiger partial charge in [-0.2, -0.15) is 0 Å². The van der Waals surface area contributed by atoms with Gasteiger partial charge in [0, 0.05) is 17.3 Å². The van der Waals surface area contributed by atoms with Gasteiger partial charge in [-0.05, 0) is 43.4 Å². The van der Waals surface area contributed by atoms with Gasteiger partial charge >= 0.3 is 0 Å². The number of hydrogen-bond donors (Lipinski definition) is 1. The molecule has 0 bridgehead atoms. The average Bonchev–Trinajstić information content (AvgIpc) is 2.99. The van der Waals surface area contributed by atoms with E-state index in [0.717, 1.165) is 5.69 Å². The number of carbonyl (C=O) groups is 1. The molecule has 2 heterocycles. The number of benzene rings is 1. The lowest BCUT2D eigenvalue weighted by molar-refractivity contribution is -0.116. The molecule has 0 fully saturated rings. The summed E-state index contributed by atoms with van der Waals surface area (Å²) in [6.07, 6.45) is 1.90. The molecular weight excluding hydrogens is 424 g/mol. The van der Waals surface area contributed by atoms with E-state index in [1.165, 1.54) is 18.9 Å². The largest absolute Gasteiger partial charge is 0.495 e. The molecule has 9 heteroatoms. The Morgan fingerprint density at radius 3 is 2.67 bits per heavy atom. The van der Waals surface area contributed by atoms with Gasteiger partial charge < -0.3 is 14.6 Å². The molecule has 3 aromatic rings. The zero-order chi connectivity index (χ0) is 22.0. The van der Waals surface area contributed by atoms with Gasteiger partial charge in [-0.1, -0.05) is 37.2 Å². The van der Waals surface area contributed by atoms with Crippen LogP contribution in [0.4, 0.5) is 5.69 Å². The third-order valence-electron chi connectivity index (χ3n) is 4.65. The summed E-state index contributed by atoms with van der Waals surface area (Å²) in [5, 5.41) is 3.98. The van der Waals surface area contributed by atoms with Crippen molar-refractivity contribution in [3.63, 3.8) is 0 Å². The smallest absolute Gasteiger partial charge is 0.278 e. The zero-order valence-electron chi connectivity index (χ0n) is 17.7. The maximum Gasteiger partial charge on any atom is 0.278 e. The van der Waals surface area contributed by atoms with E-state index in [0.29, 0.717) is 39.2 Å². The van der Waals surface area contributed by atoms with E-state index in [-0.39, 0.29) is 23.9 Å². The van der Waals surface area contributed by atoms with Crippen molar-refractivity contribution in [2.45, 2.75) is 39.0 Å². The lowest BCUT2D eigenvalue weighted by Gasteiger charge is -2.15. The normalized spacial score (nSPS) is 11.3. The Morgan fingerprint density at radius 1 is 1.30 bits per heavy atom. The van der Waals surface area contributed by atoms with Crippen LogP contribution in [0.25, 0.3) is 11.0 Å². The van der Waals surface area contributed by atoms with Gasteiger partial charge in [-0.3, -0.25) is 14.2 Å². The molecule has 3 rings (SSSR count). The van der Waals surface area contributed by atoms with Crippen molar-refractivity contribution in [2.24, 2.45) is 5.92 Å². The van der Waals surface area contributed by atoms with Crippen molar-refractivity contribution in [1.82, 2.24) is 14.1 Å². The number of ether oxygens (including phenoxy) is 1. The number of fused-ring (bicyclic) bond motifs is 1. The van der Waals surface area contributed by atoms with Gasteiger partial charge in [0.2, 0.25) is 5.91 Å². The van der Waals surface area contributed by atoms with Crippen LogP contribution in [0.3, 0.4) is 0 Å². The summed E-state index contributed by atoms with van der Waals surface area (Å²) in [5.41, 5.74) is 2.15. The minimum absolute atomic E-state index is 0.0256. The second kappa shape index (κ2) is 9.14. The number of aromatic nitrogens is 3. The fraction of sp³-hybridized carbons (Fsp3) is 0.381. The SMILES string of the molecule is COc1ccc(Cl)cc1NC(=O)Cn1c(C)cc2nc(SC)n(CC(C)C)c(=O)c21. The number of thioether (sulfide) groups is 1. The number of carbonyl (C=O) groups excluding carboxylic acids is 1. The second-order valence-corrected chi connectivity index (χ2v) is 8.62. The molecule has 1 aromatic carbocycles. The molecule has 0 spiro atoms. The third kappa shape index (κ3) is 4.49. The van der Waals surface area contributed by atoms with E-state index in [4.69, 9.17) is 16.3 Å². The van der Waals surface area contributed by atoms with Crippen molar-refractivity contribution < 1.29 is 9.53 Å². The Kier molecular flexibility index (Phi) is 6.77. The fourth-order valence-electron chi connectivity index (χ4n) is 3.34. The Balaban J connectivity index is 2.00. The quantitative estimate of drug-likeness (QED) is 0.433. The summed E-state index contributed by atoms with van der Waals surface area (Å²) in [5.74, 6) is 0.503. The van der Waals surface area contributed by atoms with Gasteiger partial charge in [0.1, 0.15) is 17.8 Å². The molecule has 0 saturated heterocycles. The Morgan fingerprint density at radius 2 is 2.03 bits per heavy atom. The molecular formula is C21H25ClN4O3S. The first-order chi connectivity index (χ1) is 14.2. The average molecular weight is 449 g/mol. The number of hydrogen-bond acceptors (Lipinski definition) is 5. The first-order valence-corrected chi connectivity index (χ1v) is 11.1. The van der Waals surface area contributed by atoms with E-state index >= 15 is 0 Å². The van der Waals surface area contributed by atoms with E-state index < -0.39 is 0 Å². The van der Waals surface area contributed by atoms with Crippen molar-refractivity contribution >= 4 is 46.0 Å². The van der Waals surface area contributed by atoms with Crippen molar-refractivity contribution in [3.8, 4) is 5.75 Å². The summed E-state index contributed by atoms with van der Waals surface area (Å²) in [6, 6.07) is 6.84. The number of anilines is 1. The highest BCUT2D eigenvalue weighted by Crippen LogP contribution is 2.28. The van der Waals surface area contributed by atoms with Crippen molar-refractivity contribution in [3.05, 3.63) is 45.3 Å². The number of methoxy groups -OCH3 is 1. The minimum atomic E-state index is -0.292. The summed E-state index contributed by atoms with van der Waals surface area (Å²) in [4.78, 5) is 30.7. The number of nitrogens with zero attached hydrogens (tertiary/aromatic N) is 3. The molecule has 0 unspecified atom stereocenters. The van der Waals surface area contributed by atoms with Crippen LogP contribution in [0.5, 0.6) is 5.75 Å². The first-order valence-electron chi connectivity index (χ1n) is 9.53. The van der Waals surface area contributed by atoms with E-state index in [9.17, 15) is 9.59 Å². The maximum atomic E-state index is 13.3. The van der Waals surface area contributed by atoms with Crippen LogP contribution < -0.4 is 15.6 Å². The molecule has 160 valence electrons. The van der Waals surface area contributed by atoms with Gasteiger partial charge in [-0.15, -0.1) is 0 Å². The van der Waals surface area contributed by atoms with Gasteiger partial charge in [0.05, 0.1) is 18.3 Å². The molecule has 7 nitrogen and oxygen atoms in total. The summed E-state index contributed by atoms with van der Waals surface area (Å²) in [7, 11) is 1.52. The molecule has 0 aliphatic rings. The highest BCUT2D eigenvalue weighted by Gasteiger charge is 2.19. The molecule has 2 aromatic heterocycles. The van der Waals surface area contributed by atoms with Gasteiger partial charge in [0.25, 0.3) is 5.56 Å². The third-order valence-corrected chi connectivity index (χ3v) is 5.56. The van der Waals surface area contributed by atoms with Crippen molar-refractivity contribution in [1.29, 1.82) is 0 Å². The standard InChI is InChI=1S/C21H25ClN4O3S/c1-12(2)10-26-20(28)19-16(24-21(26)30-5)8-13(3)25(19)11-18(27)23-15-9-14(22)6-7-17(15)29-4/h6-9,12H,10-11H2,1-5H3,(H,23,27). The van der Waals surface area contributed by atoms with E-state index in [1.807, 2.05) is 19.2 Å². The summed E-state index contributed by atoms with van der Waals surface area (Å²) < 4.78 is 8.67. The molecule has 0 saturated carbocycles. The van der Waals surface area contributed by atoms with Crippen LogP contribution in [-0.2, 0) is 17.9 Å². The summed E-state index contributed by atoms with van der Waals surface area (Å²) >= 11 is 7.48. The second-order valence-electron chi connectivity index (χ2n) is 7.41. The highest BCUT2D eigenvalue weighted by atomic mass is 35.5. The Labute approximate surface area is 184 Å². The predicted molar refractivity (Wildman–Crippen MR) is 122 cm³/mol. The Bertz CT molecular complexity index is 1150. The highest BCUT2D eigenvalue weighted by molar-refractivity contribution is 7.98. The number of halogens is 1. The van der Waals surface area contributed by atoms with Crippen LogP contribution in [-0.4, -0.2) is 33.4 Å². The van der Waals surface area contributed by atoms with Crippen molar-refractivity contribution in [2.75, 3.05) is 18.7 Å². The molecule has 0 radical (unpaired) electrons. The van der Waals surface area contributed by atoms with Gasteiger partial charge in [0.15, 0.2) is 5.16 Å². The van der Waals surface area contributed by atoms with Crippen LogP contribution >= 0.6 is 23.4 Å². The van der Waals surface area contributed by atoms with E-state index in [1.54, 1.807) is 27.3 Å². The maximum absolute atomic E-state index is 13.3. The topological polar surface area (TPSA) is 78.2 Å².